The van der Waals surface area contributed by atoms with E-state index in [0.717, 1.165) is 138 Å². The number of hydrogen-bond donors (Lipinski definition) is 0. The van der Waals surface area contributed by atoms with Gasteiger partial charge in [-0.05, 0) is 238 Å². The van der Waals surface area contributed by atoms with Gasteiger partial charge in [-0.25, -0.2) is 0 Å². The minimum atomic E-state index is 0.854. The molecule has 0 bridgehead atoms. The highest BCUT2D eigenvalue weighted by molar-refractivity contribution is 6.24. The molecule has 22 aromatic rings. The molecular weight excluding hydrogens is 1300 g/mol. The van der Waals surface area contributed by atoms with Crippen LogP contribution in [-0.2, 0) is 0 Å². The van der Waals surface area contributed by atoms with Crippen LogP contribution in [0.4, 0.5) is 0 Å². The predicted molar refractivity (Wildman–Crippen MR) is 450 cm³/mol. The Bertz CT molecular complexity index is 7360. The number of rotatable bonds is 10. The van der Waals surface area contributed by atoms with E-state index in [-0.39, 0.29) is 0 Å². The predicted octanol–water partition coefficient (Wildman–Crippen LogP) is 29.8. The molecule has 0 N–H and O–H groups in total. The van der Waals surface area contributed by atoms with Gasteiger partial charge in [0.25, 0.3) is 0 Å². The van der Waals surface area contributed by atoms with Crippen molar-refractivity contribution in [2.45, 2.75) is 0 Å². The highest BCUT2D eigenvalue weighted by Gasteiger charge is 2.24. The molecule has 0 aliphatic rings. The summed E-state index contributed by atoms with van der Waals surface area (Å²) in [6.07, 6.45) is 0. The van der Waals surface area contributed by atoms with Gasteiger partial charge in [0, 0.05) is 37.9 Å². The van der Waals surface area contributed by atoms with Gasteiger partial charge in [-0.2, -0.15) is 0 Å². The zero-order chi connectivity index (χ0) is 70.2. The van der Waals surface area contributed by atoms with E-state index in [1.165, 1.54) is 92.8 Å². The lowest BCUT2D eigenvalue weighted by atomic mass is 9.83. The SMILES string of the molecule is c1cc(-c2ccc3oc4ccccc4c3c2)cc(-c2c3ccccc3c(-c3cccc(-c4cc(-c5ccc6c(-c7ccc(-c8ccc(-c9ccc%10oc%11ccccc%11c%10c9)cc8)cc7)c7ccccc7c(-c7cccc(-c8cccc9ccccc89)c7)c6c5)cc5c4oc4ccccc45)c3)c3ccccc23)c1. The fourth-order valence-electron chi connectivity index (χ4n) is 17.5. The molecule has 3 aromatic heterocycles. The van der Waals surface area contributed by atoms with E-state index in [9.17, 15) is 0 Å². The van der Waals surface area contributed by atoms with E-state index in [1.807, 2.05) is 24.3 Å². The smallest absolute Gasteiger partial charge is 0.143 e. The van der Waals surface area contributed by atoms with Crippen molar-refractivity contribution in [2.24, 2.45) is 0 Å². The average Bonchev–Trinajstić information content (AvgIpc) is 1.65. The maximum atomic E-state index is 7.07. The molecule has 0 saturated carbocycles. The first kappa shape index (κ1) is 60.5. The van der Waals surface area contributed by atoms with Crippen LogP contribution >= 0.6 is 0 Å². The van der Waals surface area contributed by atoms with Crippen LogP contribution < -0.4 is 0 Å². The quantitative estimate of drug-likeness (QED) is 0.128. The summed E-state index contributed by atoms with van der Waals surface area (Å²) in [6, 6.07) is 138. The molecule has 0 aliphatic carbocycles. The Balaban J connectivity index is 0.692. The van der Waals surface area contributed by atoms with E-state index in [0.29, 0.717) is 0 Å². The van der Waals surface area contributed by atoms with E-state index in [1.54, 1.807) is 0 Å². The van der Waals surface area contributed by atoms with Crippen LogP contribution in [0.5, 0.6) is 0 Å². The molecule has 496 valence electrons. The standard InChI is InChI=1S/C104H62O3/c1-2-27-78-66(19-1)20-18-37-79(78)72-22-16-26-76(56-72)103-88-36-8-3-31-83(88)100(67-47-45-64(46-48-67)63-41-43-65(44-42-63)69-50-53-98-91(58-69)80-28-9-12-38-95(80)105-98)89-52-49-71(60-93(89)103)77-61-90(104-94(62-77)82-30-11-14-40-97(82)107-104)73-23-17-25-75(57-73)102-86-34-6-4-32-84(86)101(85-33-5-7-35-87(85)102)74-24-15-21-68(55-74)70-51-54-99-92(59-70)81-29-10-13-39-96(81)106-99/h1-62H. The van der Waals surface area contributed by atoms with Crippen LogP contribution in [0.25, 0.3) is 231 Å². The normalized spacial score (nSPS) is 11.9. The Labute approximate surface area is 616 Å². The second-order valence-corrected chi connectivity index (χ2v) is 28.4. The van der Waals surface area contributed by atoms with Gasteiger partial charge >= 0.3 is 0 Å². The molecule has 3 heterocycles. The monoisotopic (exact) mass is 1360 g/mol. The van der Waals surface area contributed by atoms with Crippen molar-refractivity contribution < 1.29 is 13.3 Å². The lowest BCUT2D eigenvalue weighted by Gasteiger charge is -2.20. The molecule has 0 spiro atoms. The van der Waals surface area contributed by atoms with Gasteiger partial charge in [0.2, 0.25) is 0 Å². The molecular formula is C104H62O3. The number of benzene rings is 19. The zero-order valence-corrected chi connectivity index (χ0v) is 58.0. The third kappa shape index (κ3) is 9.90. The summed E-state index contributed by atoms with van der Waals surface area (Å²) in [4.78, 5) is 0. The maximum Gasteiger partial charge on any atom is 0.143 e. The Morgan fingerprint density at radius 1 is 0.131 bits per heavy atom. The van der Waals surface area contributed by atoms with E-state index in [4.69, 9.17) is 13.3 Å². The Kier molecular flexibility index (Phi) is 13.7. The van der Waals surface area contributed by atoms with Gasteiger partial charge < -0.3 is 13.3 Å². The van der Waals surface area contributed by atoms with E-state index in [2.05, 4.69) is 352 Å². The van der Waals surface area contributed by atoms with E-state index >= 15 is 0 Å². The third-order valence-corrected chi connectivity index (χ3v) is 22.4. The van der Waals surface area contributed by atoms with Crippen LogP contribution in [0, 0.1) is 0 Å². The van der Waals surface area contributed by atoms with Crippen LogP contribution in [0.2, 0.25) is 0 Å². The van der Waals surface area contributed by atoms with Crippen LogP contribution in [0.1, 0.15) is 0 Å². The summed E-state index contributed by atoms with van der Waals surface area (Å²) in [5.74, 6) is 0. The lowest BCUT2D eigenvalue weighted by Crippen LogP contribution is -1.93. The summed E-state index contributed by atoms with van der Waals surface area (Å²) in [5.41, 5.74) is 28.4. The Hall–Kier alpha value is -14.1. The topological polar surface area (TPSA) is 39.4 Å². The number of para-hydroxylation sites is 3. The van der Waals surface area contributed by atoms with Gasteiger partial charge in [0.1, 0.15) is 33.5 Å². The van der Waals surface area contributed by atoms with Crippen molar-refractivity contribution in [2.75, 3.05) is 0 Å². The van der Waals surface area contributed by atoms with Crippen molar-refractivity contribution in [1.29, 1.82) is 0 Å². The van der Waals surface area contributed by atoms with Crippen molar-refractivity contribution in [3.05, 3.63) is 376 Å². The molecule has 0 unspecified atom stereocenters. The van der Waals surface area contributed by atoms with Crippen molar-refractivity contribution in [3.63, 3.8) is 0 Å². The molecule has 0 amide bonds. The van der Waals surface area contributed by atoms with Gasteiger partial charge in [-0.1, -0.05) is 297 Å². The second kappa shape index (κ2) is 24.3. The Morgan fingerprint density at radius 3 is 0.981 bits per heavy atom. The first-order chi connectivity index (χ1) is 53.0. The van der Waals surface area contributed by atoms with Gasteiger partial charge in [0.15, 0.2) is 0 Å². The zero-order valence-electron chi connectivity index (χ0n) is 58.0. The summed E-state index contributed by atoms with van der Waals surface area (Å²) in [7, 11) is 0. The van der Waals surface area contributed by atoms with Gasteiger partial charge in [-0.15, -0.1) is 0 Å². The number of furan rings is 3. The van der Waals surface area contributed by atoms with E-state index < -0.39 is 0 Å². The summed E-state index contributed by atoms with van der Waals surface area (Å²) >= 11 is 0. The first-order valence-electron chi connectivity index (χ1n) is 36.7. The molecule has 3 nitrogen and oxygen atoms in total. The molecule has 3 heteroatoms. The van der Waals surface area contributed by atoms with Gasteiger partial charge in [-0.3, -0.25) is 0 Å². The summed E-state index contributed by atoms with van der Waals surface area (Å²) in [6.45, 7) is 0. The molecule has 19 aromatic carbocycles. The summed E-state index contributed by atoms with van der Waals surface area (Å²) < 4.78 is 19.5. The highest BCUT2D eigenvalue weighted by Crippen LogP contribution is 2.50. The lowest BCUT2D eigenvalue weighted by molar-refractivity contribution is 0.668. The molecule has 22 rings (SSSR count). The van der Waals surface area contributed by atoms with Gasteiger partial charge in [0.05, 0.1) is 0 Å². The van der Waals surface area contributed by atoms with Crippen LogP contribution in [0.15, 0.2) is 389 Å². The largest absolute Gasteiger partial charge is 0.456 e. The number of hydrogen-bond acceptors (Lipinski definition) is 3. The first-order valence-corrected chi connectivity index (χ1v) is 36.7. The fraction of sp³-hybridized carbons (Fsp3) is 0. The van der Waals surface area contributed by atoms with Crippen LogP contribution in [0.3, 0.4) is 0 Å². The molecule has 0 atom stereocenters. The molecule has 0 saturated heterocycles. The third-order valence-electron chi connectivity index (χ3n) is 22.4. The number of fused-ring (bicyclic) bond motifs is 14. The fourth-order valence-corrected chi connectivity index (χ4v) is 17.5. The minimum Gasteiger partial charge on any atom is -0.456 e. The summed E-state index contributed by atoms with van der Waals surface area (Å²) in [5, 5.41) is 18.6. The molecule has 0 radical (unpaired) electrons. The molecule has 107 heavy (non-hydrogen) atoms. The minimum absolute atomic E-state index is 0.854. The highest BCUT2D eigenvalue weighted by atomic mass is 16.3. The van der Waals surface area contributed by atoms with Crippen molar-refractivity contribution in [3.8, 4) is 111 Å². The van der Waals surface area contributed by atoms with Crippen molar-refractivity contribution in [1.82, 2.24) is 0 Å². The molecule has 0 fully saturated rings. The maximum absolute atomic E-state index is 7.07. The average molecular weight is 1360 g/mol. The molecule has 0 aliphatic heterocycles. The van der Waals surface area contributed by atoms with Crippen LogP contribution in [-0.4, -0.2) is 0 Å². The Morgan fingerprint density at radius 2 is 0.439 bits per heavy atom. The second-order valence-electron chi connectivity index (χ2n) is 28.4. The van der Waals surface area contributed by atoms with Crippen molar-refractivity contribution >= 4 is 120 Å².